The van der Waals surface area contributed by atoms with Crippen LogP contribution in [-0.2, 0) is 11.1 Å². The van der Waals surface area contributed by atoms with Gasteiger partial charge in [-0.05, 0) is 86.2 Å². The highest BCUT2D eigenvalue weighted by Gasteiger charge is 2.27. The summed E-state index contributed by atoms with van der Waals surface area (Å²) in [4.78, 5) is 24.5. The van der Waals surface area contributed by atoms with Crippen LogP contribution in [0.15, 0.2) is 60.8 Å². The van der Waals surface area contributed by atoms with Crippen molar-refractivity contribution in [1.29, 1.82) is 0 Å². The molecule has 0 atom stereocenters. The van der Waals surface area contributed by atoms with Gasteiger partial charge >= 0.3 is 0 Å². The van der Waals surface area contributed by atoms with Gasteiger partial charge in [0, 0.05) is 22.5 Å². The second-order valence-electron chi connectivity index (χ2n) is 10.2. The van der Waals surface area contributed by atoms with E-state index in [-0.39, 0.29) is 12.5 Å². The van der Waals surface area contributed by atoms with Crippen molar-refractivity contribution in [1.82, 2.24) is 15.3 Å². The largest absolute Gasteiger partial charge is 0.490 e. The maximum atomic E-state index is 12.8. The van der Waals surface area contributed by atoms with Gasteiger partial charge < -0.3 is 19.5 Å². The molecule has 2 aromatic carbocycles. The molecule has 9 heteroatoms. The molecule has 1 saturated carbocycles. The quantitative estimate of drug-likeness (QED) is 0.305. The number of carbonyl (C=O) groups excluding carboxylic acids is 1. The van der Waals surface area contributed by atoms with Crippen LogP contribution in [0.4, 0.5) is 11.5 Å². The molecule has 1 aliphatic heterocycles. The van der Waals surface area contributed by atoms with Crippen molar-refractivity contribution in [3.63, 3.8) is 0 Å². The molecule has 0 radical (unpaired) electrons. The van der Waals surface area contributed by atoms with Gasteiger partial charge in [0.25, 0.3) is 5.91 Å². The number of carbonyl (C=O) groups is 1. The van der Waals surface area contributed by atoms with Crippen molar-refractivity contribution in [2.24, 2.45) is 0 Å². The normalized spacial score (nSPS) is 15.2. The number of rotatable bonds is 6. The summed E-state index contributed by atoms with van der Waals surface area (Å²) in [5.74, 6) is 2.11. The SMILES string of the molecule is CP(C)(=O)c1cc(C(=O)NCc2cc3nc(N4CCOc5ccc(C6CC6)cc54)ccc3cn2)ccc1Cl. The molecule has 0 unspecified atom stereocenters. The molecule has 6 rings (SSSR count). The van der Waals surface area contributed by atoms with E-state index in [0.29, 0.717) is 34.1 Å². The van der Waals surface area contributed by atoms with Gasteiger partial charge in [0.2, 0.25) is 0 Å². The molecular formula is C29H28ClN4O3P. The topological polar surface area (TPSA) is 84.4 Å². The molecule has 38 heavy (non-hydrogen) atoms. The molecule has 0 spiro atoms. The zero-order chi connectivity index (χ0) is 26.4. The average molecular weight is 547 g/mol. The minimum absolute atomic E-state index is 0.236. The second kappa shape index (κ2) is 9.72. The maximum absolute atomic E-state index is 12.8. The lowest BCUT2D eigenvalue weighted by atomic mass is 10.1. The lowest BCUT2D eigenvalue weighted by Crippen LogP contribution is -2.29. The van der Waals surface area contributed by atoms with Gasteiger partial charge in [-0.25, -0.2) is 4.98 Å². The summed E-state index contributed by atoms with van der Waals surface area (Å²) in [5.41, 5.74) is 4.32. The average Bonchev–Trinajstić information content (AvgIpc) is 3.76. The van der Waals surface area contributed by atoms with Crippen LogP contribution in [0.2, 0.25) is 5.02 Å². The lowest BCUT2D eigenvalue weighted by molar-refractivity contribution is 0.0950. The van der Waals surface area contributed by atoms with Gasteiger partial charge in [0.1, 0.15) is 25.3 Å². The molecule has 0 saturated heterocycles. The van der Waals surface area contributed by atoms with Crippen molar-refractivity contribution < 1.29 is 14.1 Å². The highest BCUT2D eigenvalue weighted by Crippen LogP contribution is 2.45. The molecule has 4 aromatic rings. The third-order valence-corrected chi connectivity index (χ3v) is 9.00. The molecule has 194 valence electrons. The van der Waals surface area contributed by atoms with Gasteiger partial charge in [-0.3, -0.25) is 9.78 Å². The molecule has 2 aromatic heterocycles. The zero-order valence-electron chi connectivity index (χ0n) is 21.3. The van der Waals surface area contributed by atoms with Gasteiger partial charge in [-0.2, -0.15) is 0 Å². The molecule has 7 nitrogen and oxygen atoms in total. The van der Waals surface area contributed by atoms with E-state index in [4.69, 9.17) is 21.3 Å². The first-order valence-corrected chi connectivity index (χ1v) is 15.7. The molecule has 1 N–H and O–H groups in total. The fraction of sp³-hybridized carbons (Fsp3) is 0.276. The smallest absolute Gasteiger partial charge is 0.251 e. The van der Waals surface area contributed by atoms with Crippen molar-refractivity contribution in [2.75, 3.05) is 31.4 Å². The van der Waals surface area contributed by atoms with Gasteiger partial charge in [-0.1, -0.05) is 17.7 Å². The van der Waals surface area contributed by atoms with Crippen molar-refractivity contribution in [3.8, 4) is 5.75 Å². The van der Waals surface area contributed by atoms with E-state index in [9.17, 15) is 9.36 Å². The Hall–Kier alpha value is -3.41. The summed E-state index contributed by atoms with van der Waals surface area (Å²) in [6.45, 7) is 4.83. The third-order valence-electron chi connectivity index (χ3n) is 7.01. The molecule has 3 heterocycles. The Morgan fingerprint density at radius 2 is 1.97 bits per heavy atom. The Bertz CT molecular complexity index is 1620. The van der Waals surface area contributed by atoms with E-state index in [1.54, 1.807) is 37.7 Å². The van der Waals surface area contributed by atoms with Crippen LogP contribution in [0, 0.1) is 0 Å². The minimum Gasteiger partial charge on any atom is -0.490 e. The molecule has 1 aliphatic carbocycles. The Balaban J connectivity index is 1.23. The van der Waals surface area contributed by atoms with Crippen molar-refractivity contribution in [2.45, 2.75) is 25.3 Å². The first-order chi connectivity index (χ1) is 18.3. The van der Waals surface area contributed by atoms with Crippen LogP contribution in [0.25, 0.3) is 10.9 Å². The molecule has 1 fully saturated rings. The highest BCUT2D eigenvalue weighted by atomic mass is 35.5. The zero-order valence-corrected chi connectivity index (χ0v) is 22.9. The number of hydrogen-bond acceptors (Lipinski definition) is 6. The van der Waals surface area contributed by atoms with Gasteiger partial charge in [0.05, 0.1) is 35.0 Å². The molecule has 2 aliphatic rings. The molecule has 0 bridgehead atoms. The number of amides is 1. The van der Waals surface area contributed by atoms with Crippen LogP contribution in [-0.4, -0.2) is 42.4 Å². The number of hydrogen-bond donors (Lipinski definition) is 1. The molecule has 1 amide bonds. The first-order valence-electron chi connectivity index (χ1n) is 12.7. The Morgan fingerprint density at radius 1 is 1.13 bits per heavy atom. The van der Waals surface area contributed by atoms with Gasteiger partial charge in [-0.15, -0.1) is 0 Å². The summed E-state index contributed by atoms with van der Waals surface area (Å²) in [6, 6.07) is 17.3. The predicted molar refractivity (Wildman–Crippen MR) is 152 cm³/mol. The lowest BCUT2D eigenvalue weighted by Gasteiger charge is -2.31. The van der Waals surface area contributed by atoms with Crippen molar-refractivity contribution >= 4 is 52.4 Å². The predicted octanol–water partition coefficient (Wildman–Crippen LogP) is 5.87. The third kappa shape index (κ3) is 5.01. The standard InChI is InChI=1S/C29H28ClN4O3P/c1-38(2,36)27-14-20(5-8-23(27)30)29(35)32-17-22-15-24-21(16-31-22)7-10-28(33-24)34-11-12-37-26-9-6-19(13-25(26)34)18-3-4-18/h5-10,13-16,18H,3-4,11-12,17H2,1-2H3,(H,32,35). The fourth-order valence-corrected chi connectivity index (χ4v) is 6.54. The number of aromatic nitrogens is 2. The van der Waals surface area contributed by atoms with Crippen LogP contribution in [0.1, 0.15) is 40.4 Å². The highest BCUT2D eigenvalue weighted by molar-refractivity contribution is 7.70. The number of pyridine rings is 2. The Morgan fingerprint density at radius 3 is 2.76 bits per heavy atom. The molecular weight excluding hydrogens is 519 g/mol. The van der Waals surface area contributed by atoms with Crippen LogP contribution >= 0.6 is 18.7 Å². The van der Waals surface area contributed by atoms with E-state index in [1.165, 1.54) is 18.4 Å². The van der Waals surface area contributed by atoms with Crippen LogP contribution < -0.4 is 20.3 Å². The first kappa shape index (κ1) is 24.9. The van der Waals surface area contributed by atoms with E-state index >= 15 is 0 Å². The van der Waals surface area contributed by atoms with E-state index in [0.717, 1.165) is 34.7 Å². The second-order valence-corrected chi connectivity index (χ2v) is 13.8. The number of benzene rings is 2. The van der Waals surface area contributed by atoms with Gasteiger partial charge in [0.15, 0.2) is 0 Å². The van der Waals surface area contributed by atoms with E-state index in [1.807, 2.05) is 18.2 Å². The summed E-state index contributed by atoms with van der Waals surface area (Å²) < 4.78 is 18.4. The number of nitrogens with zero attached hydrogens (tertiary/aromatic N) is 3. The fourth-order valence-electron chi connectivity index (χ4n) is 4.78. The Kier molecular flexibility index (Phi) is 6.37. The minimum atomic E-state index is -2.61. The number of halogens is 1. The Labute approximate surface area is 226 Å². The van der Waals surface area contributed by atoms with Crippen LogP contribution in [0.3, 0.4) is 0 Å². The maximum Gasteiger partial charge on any atom is 0.251 e. The van der Waals surface area contributed by atoms with E-state index < -0.39 is 7.14 Å². The van der Waals surface area contributed by atoms with E-state index in [2.05, 4.69) is 33.4 Å². The van der Waals surface area contributed by atoms with Crippen LogP contribution in [0.5, 0.6) is 5.75 Å². The summed E-state index contributed by atoms with van der Waals surface area (Å²) in [6.07, 6.45) is 4.27. The summed E-state index contributed by atoms with van der Waals surface area (Å²) in [5, 5.41) is 4.73. The van der Waals surface area contributed by atoms with Crippen molar-refractivity contribution in [3.05, 3.63) is 82.6 Å². The monoisotopic (exact) mass is 546 g/mol. The number of nitrogens with one attached hydrogen (secondary N) is 1. The summed E-state index contributed by atoms with van der Waals surface area (Å²) in [7, 11) is -2.61. The number of anilines is 2. The number of fused-ring (bicyclic) bond motifs is 2. The number of ether oxygens (including phenoxy) is 1. The summed E-state index contributed by atoms with van der Waals surface area (Å²) >= 11 is 6.20.